The first-order valence-corrected chi connectivity index (χ1v) is 6.84. The van der Waals surface area contributed by atoms with Crippen LogP contribution in [0.3, 0.4) is 0 Å². The molecule has 0 bridgehead atoms. The van der Waals surface area contributed by atoms with E-state index in [9.17, 15) is 0 Å². The Balaban J connectivity index is 2.46. The minimum Gasteiger partial charge on any atom is -0.378 e. The minimum absolute atomic E-state index is 0.187. The van der Waals surface area contributed by atoms with Crippen LogP contribution in [0, 0.1) is 13.8 Å². The van der Waals surface area contributed by atoms with E-state index in [1.807, 2.05) is 0 Å². The van der Waals surface area contributed by atoms with Gasteiger partial charge in [0.2, 0.25) is 0 Å². The lowest BCUT2D eigenvalue weighted by molar-refractivity contribution is 0.122. The van der Waals surface area contributed by atoms with Crippen molar-refractivity contribution in [1.82, 2.24) is 0 Å². The summed E-state index contributed by atoms with van der Waals surface area (Å²) < 4.78 is 5.46. The zero-order chi connectivity index (χ0) is 13.3. The standard InChI is InChI=1S/C16H25NO/c1-12-10-14(16(3,4)5)15(11-13(12)2)17-6-8-18-9-7-17/h10-11H,6-9H2,1-5H3. The van der Waals surface area contributed by atoms with Crippen LogP contribution < -0.4 is 4.90 Å². The molecular weight excluding hydrogens is 222 g/mol. The summed E-state index contributed by atoms with van der Waals surface area (Å²) in [6, 6.07) is 4.71. The third-order valence-electron chi connectivity index (χ3n) is 3.77. The summed E-state index contributed by atoms with van der Waals surface area (Å²) in [5.74, 6) is 0. The van der Waals surface area contributed by atoms with Gasteiger partial charge in [-0.3, -0.25) is 0 Å². The largest absolute Gasteiger partial charge is 0.378 e. The first-order chi connectivity index (χ1) is 8.39. The van der Waals surface area contributed by atoms with E-state index in [-0.39, 0.29) is 5.41 Å². The summed E-state index contributed by atoms with van der Waals surface area (Å²) in [4.78, 5) is 2.47. The third kappa shape index (κ3) is 2.69. The molecule has 1 aromatic rings. The number of benzene rings is 1. The molecule has 0 aliphatic carbocycles. The van der Waals surface area contributed by atoms with E-state index in [0.29, 0.717) is 0 Å². The molecule has 18 heavy (non-hydrogen) atoms. The molecule has 2 heteroatoms. The molecule has 0 atom stereocenters. The Kier molecular flexibility index (Phi) is 3.67. The SMILES string of the molecule is Cc1cc(N2CCOCC2)c(C(C)(C)C)cc1C. The number of nitrogens with zero attached hydrogens (tertiary/aromatic N) is 1. The Labute approximate surface area is 111 Å². The third-order valence-corrected chi connectivity index (χ3v) is 3.77. The highest BCUT2D eigenvalue weighted by atomic mass is 16.5. The van der Waals surface area contributed by atoms with E-state index < -0.39 is 0 Å². The summed E-state index contributed by atoms with van der Waals surface area (Å²) in [6.07, 6.45) is 0. The van der Waals surface area contributed by atoms with Gasteiger partial charge in [-0.05, 0) is 42.0 Å². The predicted octanol–water partition coefficient (Wildman–Crippen LogP) is 3.44. The van der Waals surface area contributed by atoms with Crippen molar-refractivity contribution in [3.05, 3.63) is 28.8 Å². The molecule has 1 saturated heterocycles. The first-order valence-electron chi connectivity index (χ1n) is 6.84. The zero-order valence-electron chi connectivity index (χ0n) is 12.3. The normalized spacial score (nSPS) is 17.1. The van der Waals surface area contributed by atoms with Gasteiger partial charge in [0.05, 0.1) is 13.2 Å². The van der Waals surface area contributed by atoms with E-state index in [0.717, 1.165) is 26.3 Å². The molecular formula is C16H25NO. The van der Waals surface area contributed by atoms with Crippen LogP contribution >= 0.6 is 0 Å². The highest BCUT2D eigenvalue weighted by Crippen LogP contribution is 2.34. The number of anilines is 1. The minimum atomic E-state index is 0.187. The van der Waals surface area contributed by atoms with Gasteiger partial charge in [0, 0.05) is 18.8 Å². The van der Waals surface area contributed by atoms with Crippen molar-refractivity contribution in [2.45, 2.75) is 40.0 Å². The van der Waals surface area contributed by atoms with Crippen LogP contribution in [-0.2, 0) is 10.2 Å². The molecule has 0 saturated carbocycles. The molecule has 2 rings (SSSR count). The molecule has 1 aliphatic rings. The van der Waals surface area contributed by atoms with Gasteiger partial charge in [-0.25, -0.2) is 0 Å². The molecule has 100 valence electrons. The van der Waals surface area contributed by atoms with E-state index in [4.69, 9.17) is 4.74 Å². The van der Waals surface area contributed by atoms with Gasteiger partial charge in [0.15, 0.2) is 0 Å². The molecule has 0 N–H and O–H groups in total. The lowest BCUT2D eigenvalue weighted by Crippen LogP contribution is -2.37. The molecule has 1 aromatic carbocycles. The van der Waals surface area contributed by atoms with Crippen molar-refractivity contribution in [3.63, 3.8) is 0 Å². The maximum atomic E-state index is 5.46. The molecule has 0 spiro atoms. The van der Waals surface area contributed by atoms with Crippen LogP contribution in [0.1, 0.15) is 37.5 Å². The predicted molar refractivity (Wildman–Crippen MR) is 77.6 cm³/mol. The van der Waals surface area contributed by atoms with Crippen LogP contribution in [0.2, 0.25) is 0 Å². The zero-order valence-corrected chi connectivity index (χ0v) is 12.3. The molecule has 1 fully saturated rings. The number of morpholine rings is 1. The Morgan fingerprint density at radius 2 is 1.56 bits per heavy atom. The van der Waals surface area contributed by atoms with Crippen LogP contribution in [0.25, 0.3) is 0 Å². The Bertz CT molecular complexity index is 425. The fourth-order valence-electron chi connectivity index (χ4n) is 2.47. The fraction of sp³-hybridized carbons (Fsp3) is 0.625. The van der Waals surface area contributed by atoms with Crippen LogP contribution in [0.5, 0.6) is 0 Å². The van der Waals surface area contributed by atoms with Crippen LogP contribution in [-0.4, -0.2) is 26.3 Å². The van der Waals surface area contributed by atoms with Crippen molar-refractivity contribution in [1.29, 1.82) is 0 Å². The smallest absolute Gasteiger partial charge is 0.0642 e. The lowest BCUT2D eigenvalue weighted by Gasteiger charge is -2.34. The summed E-state index contributed by atoms with van der Waals surface area (Å²) in [5, 5.41) is 0. The second-order valence-corrected chi connectivity index (χ2v) is 6.30. The van der Waals surface area contributed by atoms with E-state index in [1.165, 1.54) is 22.4 Å². The average Bonchev–Trinajstić information content (AvgIpc) is 2.32. The quantitative estimate of drug-likeness (QED) is 0.754. The van der Waals surface area contributed by atoms with Crippen molar-refractivity contribution < 1.29 is 4.74 Å². The summed E-state index contributed by atoms with van der Waals surface area (Å²) >= 11 is 0. The second kappa shape index (κ2) is 4.93. The van der Waals surface area contributed by atoms with Crippen molar-refractivity contribution in [2.75, 3.05) is 31.2 Å². The number of aryl methyl sites for hydroxylation is 2. The second-order valence-electron chi connectivity index (χ2n) is 6.30. The lowest BCUT2D eigenvalue weighted by atomic mass is 9.83. The summed E-state index contributed by atoms with van der Waals surface area (Å²) in [5.41, 5.74) is 5.80. The van der Waals surface area contributed by atoms with Gasteiger partial charge in [-0.15, -0.1) is 0 Å². The highest BCUT2D eigenvalue weighted by Gasteiger charge is 2.23. The number of ether oxygens (including phenoxy) is 1. The molecule has 0 amide bonds. The Morgan fingerprint density at radius 1 is 1.00 bits per heavy atom. The molecule has 2 nitrogen and oxygen atoms in total. The maximum Gasteiger partial charge on any atom is 0.0642 e. The Morgan fingerprint density at radius 3 is 2.11 bits per heavy atom. The topological polar surface area (TPSA) is 12.5 Å². The summed E-state index contributed by atoms with van der Waals surface area (Å²) in [6.45, 7) is 15.0. The monoisotopic (exact) mass is 247 g/mol. The number of hydrogen-bond donors (Lipinski definition) is 0. The molecule has 0 unspecified atom stereocenters. The highest BCUT2D eigenvalue weighted by molar-refractivity contribution is 5.60. The van der Waals surface area contributed by atoms with E-state index in [2.05, 4.69) is 51.7 Å². The fourth-order valence-corrected chi connectivity index (χ4v) is 2.47. The molecule has 0 aromatic heterocycles. The van der Waals surface area contributed by atoms with Gasteiger partial charge in [-0.2, -0.15) is 0 Å². The van der Waals surface area contributed by atoms with Crippen molar-refractivity contribution >= 4 is 5.69 Å². The molecule has 1 aliphatic heterocycles. The van der Waals surface area contributed by atoms with Crippen LogP contribution in [0.4, 0.5) is 5.69 Å². The molecule has 1 heterocycles. The van der Waals surface area contributed by atoms with Gasteiger partial charge >= 0.3 is 0 Å². The van der Waals surface area contributed by atoms with Gasteiger partial charge in [0.25, 0.3) is 0 Å². The Hall–Kier alpha value is -1.02. The first kappa shape index (κ1) is 13.4. The van der Waals surface area contributed by atoms with E-state index >= 15 is 0 Å². The van der Waals surface area contributed by atoms with E-state index in [1.54, 1.807) is 0 Å². The summed E-state index contributed by atoms with van der Waals surface area (Å²) in [7, 11) is 0. The average molecular weight is 247 g/mol. The van der Waals surface area contributed by atoms with Crippen molar-refractivity contribution in [3.8, 4) is 0 Å². The molecule has 0 radical (unpaired) electrons. The van der Waals surface area contributed by atoms with Gasteiger partial charge in [0.1, 0.15) is 0 Å². The number of rotatable bonds is 1. The van der Waals surface area contributed by atoms with Crippen LogP contribution in [0.15, 0.2) is 12.1 Å². The van der Waals surface area contributed by atoms with Gasteiger partial charge < -0.3 is 9.64 Å². The number of hydrogen-bond acceptors (Lipinski definition) is 2. The van der Waals surface area contributed by atoms with Gasteiger partial charge in [-0.1, -0.05) is 26.8 Å². The maximum absolute atomic E-state index is 5.46. The van der Waals surface area contributed by atoms with Crippen molar-refractivity contribution in [2.24, 2.45) is 0 Å².